The molecule has 2 rings (SSSR count). The standard InChI is InChI=1S/C21H37N5O2/c1-5-22-21(23-10-6-12-26-13-7-11-25(2)14-15-26)24-17-18-8-9-19(27-3)16-20(18)28-4/h8-9,16H,5-7,10-15,17H2,1-4H3,(H2,22,23,24). The third-order valence-electron chi connectivity index (χ3n) is 5.00. The monoisotopic (exact) mass is 391 g/mol. The number of methoxy groups -OCH3 is 2. The van der Waals surface area contributed by atoms with Gasteiger partial charge in [-0.15, -0.1) is 0 Å². The maximum Gasteiger partial charge on any atom is 0.191 e. The Morgan fingerprint density at radius 3 is 2.71 bits per heavy atom. The van der Waals surface area contributed by atoms with Crippen molar-refractivity contribution in [2.24, 2.45) is 4.99 Å². The minimum Gasteiger partial charge on any atom is -0.497 e. The van der Waals surface area contributed by atoms with Gasteiger partial charge in [-0.3, -0.25) is 0 Å². The summed E-state index contributed by atoms with van der Waals surface area (Å²) in [6.07, 6.45) is 2.37. The minimum absolute atomic E-state index is 0.557. The largest absolute Gasteiger partial charge is 0.497 e. The molecule has 0 radical (unpaired) electrons. The summed E-state index contributed by atoms with van der Waals surface area (Å²) in [7, 11) is 5.54. The van der Waals surface area contributed by atoms with E-state index in [2.05, 4.69) is 34.4 Å². The van der Waals surface area contributed by atoms with Gasteiger partial charge in [0.1, 0.15) is 11.5 Å². The van der Waals surface area contributed by atoms with Crippen molar-refractivity contribution in [3.05, 3.63) is 23.8 Å². The summed E-state index contributed by atoms with van der Waals surface area (Å²) in [6.45, 7) is 10.3. The molecule has 1 aromatic rings. The van der Waals surface area contributed by atoms with Gasteiger partial charge in [-0.1, -0.05) is 0 Å². The molecule has 0 unspecified atom stereocenters. The fourth-order valence-corrected chi connectivity index (χ4v) is 3.32. The Morgan fingerprint density at radius 2 is 1.96 bits per heavy atom. The lowest BCUT2D eigenvalue weighted by Gasteiger charge is -2.20. The summed E-state index contributed by atoms with van der Waals surface area (Å²) >= 11 is 0. The lowest BCUT2D eigenvalue weighted by molar-refractivity contribution is 0.274. The Bertz CT molecular complexity index is 608. The maximum absolute atomic E-state index is 5.46. The number of benzene rings is 1. The molecule has 1 aliphatic heterocycles. The van der Waals surface area contributed by atoms with E-state index in [-0.39, 0.29) is 0 Å². The average Bonchev–Trinajstić information content (AvgIpc) is 2.93. The topological polar surface area (TPSA) is 61.4 Å². The molecule has 0 amide bonds. The van der Waals surface area contributed by atoms with Crippen molar-refractivity contribution >= 4 is 5.96 Å². The molecular weight excluding hydrogens is 354 g/mol. The molecule has 7 heteroatoms. The van der Waals surface area contributed by atoms with Crippen molar-refractivity contribution in [1.29, 1.82) is 0 Å². The highest BCUT2D eigenvalue weighted by atomic mass is 16.5. The molecule has 0 spiro atoms. The second kappa shape index (κ2) is 12.5. The van der Waals surface area contributed by atoms with Crippen LogP contribution in [-0.4, -0.2) is 82.8 Å². The van der Waals surface area contributed by atoms with E-state index in [0.717, 1.165) is 49.1 Å². The molecule has 2 N–H and O–H groups in total. The van der Waals surface area contributed by atoms with Crippen LogP contribution in [-0.2, 0) is 6.54 Å². The molecule has 28 heavy (non-hydrogen) atoms. The van der Waals surface area contributed by atoms with Gasteiger partial charge in [-0.2, -0.15) is 0 Å². The molecule has 0 aromatic heterocycles. The van der Waals surface area contributed by atoms with Crippen molar-refractivity contribution < 1.29 is 9.47 Å². The first kappa shape index (κ1) is 22.3. The highest BCUT2D eigenvalue weighted by molar-refractivity contribution is 5.79. The Balaban J connectivity index is 1.82. The van der Waals surface area contributed by atoms with Crippen molar-refractivity contribution in [3.8, 4) is 11.5 Å². The third-order valence-corrected chi connectivity index (χ3v) is 5.00. The lowest BCUT2D eigenvalue weighted by atomic mass is 10.2. The zero-order valence-electron chi connectivity index (χ0n) is 18.0. The molecule has 158 valence electrons. The molecule has 1 heterocycles. The van der Waals surface area contributed by atoms with Crippen LogP contribution in [0.4, 0.5) is 0 Å². The van der Waals surface area contributed by atoms with Gasteiger partial charge in [0.2, 0.25) is 0 Å². The number of hydrogen-bond donors (Lipinski definition) is 2. The molecule has 1 aliphatic rings. The van der Waals surface area contributed by atoms with E-state index in [0.29, 0.717) is 6.54 Å². The summed E-state index contributed by atoms with van der Waals surface area (Å²) in [4.78, 5) is 9.70. The molecular formula is C21H37N5O2. The summed E-state index contributed by atoms with van der Waals surface area (Å²) in [6, 6.07) is 5.83. The predicted molar refractivity (Wildman–Crippen MR) is 116 cm³/mol. The van der Waals surface area contributed by atoms with Gasteiger partial charge in [-0.05, 0) is 58.6 Å². The summed E-state index contributed by atoms with van der Waals surface area (Å²) in [5.74, 6) is 2.43. The smallest absolute Gasteiger partial charge is 0.191 e. The quantitative estimate of drug-likeness (QED) is 0.380. The maximum atomic E-state index is 5.46. The van der Waals surface area contributed by atoms with Crippen LogP contribution in [0.3, 0.4) is 0 Å². The Labute approximate surface area is 170 Å². The summed E-state index contributed by atoms with van der Waals surface area (Å²) < 4.78 is 10.7. The van der Waals surface area contributed by atoms with E-state index in [4.69, 9.17) is 14.5 Å². The van der Waals surface area contributed by atoms with Gasteiger partial charge in [-0.25, -0.2) is 4.99 Å². The summed E-state index contributed by atoms with van der Waals surface area (Å²) in [5.41, 5.74) is 1.04. The van der Waals surface area contributed by atoms with Gasteiger partial charge in [0.05, 0.1) is 20.8 Å². The Morgan fingerprint density at radius 1 is 1.11 bits per heavy atom. The van der Waals surface area contributed by atoms with Gasteiger partial charge >= 0.3 is 0 Å². The molecule has 0 bridgehead atoms. The SMILES string of the molecule is CCNC(=NCc1ccc(OC)cc1OC)NCCCN1CCCN(C)CC1. The fourth-order valence-electron chi connectivity index (χ4n) is 3.32. The van der Waals surface area contributed by atoms with Crippen molar-refractivity contribution in [2.45, 2.75) is 26.3 Å². The van der Waals surface area contributed by atoms with Crippen LogP contribution in [0, 0.1) is 0 Å². The zero-order chi connectivity index (χ0) is 20.2. The van der Waals surface area contributed by atoms with E-state index < -0.39 is 0 Å². The molecule has 1 fully saturated rings. The van der Waals surface area contributed by atoms with E-state index in [1.54, 1.807) is 14.2 Å². The number of guanidine groups is 1. The van der Waals surface area contributed by atoms with Crippen molar-refractivity contribution in [2.75, 3.05) is 67.1 Å². The second-order valence-corrected chi connectivity index (χ2v) is 7.15. The third kappa shape index (κ3) is 7.56. The van der Waals surface area contributed by atoms with E-state index in [1.165, 1.54) is 32.6 Å². The molecule has 1 aromatic carbocycles. The number of likely N-dealkylation sites (N-methyl/N-ethyl adjacent to an activating group) is 1. The molecule has 1 saturated heterocycles. The zero-order valence-corrected chi connectivity index (χ0v) is 18.0. The van der Waals surface area contributed by atoms with Crippen LogP contribution < -0.4 is 20.1 Å². The lowest BCUT2D eigenvalue weighted by Crippen LogP contribution is -2.39. The van der Waals surface area contributed by atoms with E-state index in [1.807, 2.05) is 18.2 Å². The Hall–Kier alpha value is -1.99. The van der Waals surface area contributed by atoms with Crippen molar-refractivity contribution in [1.82, 2.24) is 20.4 Å². The van der Waals surface area contributed by atoms with E-state index in [9.17, 15) is 0 Å². The second-order valence-electron chi connectivity index (χ2n) is 7.15. The van der Waals surface area contributed by atoms with Gasteiger partial charge in [0.15, 0.2) is 5.96 Å². The first-order valence-corrected chi connectivity index (χ1v) is 10.3. The van der Waals surface area contributed by atoms with Crippen LogP contribution in [0.1, 0.15) is 25.3 Å². The number of nitrogens with one attached hydrogen (secondary N) is 2. The summed E-state index contributed by atoms with van der Waals surface area (Å²) in [5, 5.41) is 6.77. The van der Waals surface area contributed by atoms with Crippen molar-refractivity contribution in [3.63, 3.8) is 0 Å². The van der Waals surface area contributed by atoms with Crippen LogP contribution in [0.5, 0.6) is 11.5 Å². The van der Waals surface area contributed by atoms with Gasteiger partial charge < -0.3 is 29.9 Å². The van der Waals surface area contributed by atoms with Gasteiger partial charge in [0.25, 0.3) is 0 Å². The number of rotatable bonds is 9. The first-order valence-electron chi connectivity index (χ1n) is 10.3. The number of aliphatic imine (C=N–C) groups is 1. The predicted octanol–water partition coefficient (Wildman–Crippen LogP) is 1.79. The van der Waals surface area contributed by atoms with Crippen LogP contribution in [0.2, 0.25) is 0 Å². The highest BCUT2D eigenvalue weighted by Crippen LogP contribution is 2.25. The van der Waals surface area contributed by atoms with E-state index >= 15 is 0 Å². The Kier molecular flexibility index (Phi) is 9.93. The van der Waals surface area contributed by atoms with Gasteiger partial charge in [0, 0.05) is 37.8 Å². The number of hydrogen-bond acceptors (Lipinski definition) is 5. The number of nitrogens with zero attached hydrogens (tertiary/aromatic N) is 3. The van der Waals surface area contributed by atoms with Crippen LogP contribution >= 0.6 is 0 Å². The average molecular weight is 392 g/mol. The molecule has 0 saturated carbocycles. The fraction of sp³-hybridized carbons (Fsp3) is 0.667. The number of ether oxygens (including phenoxy) is 2. The highest BCUT2D eigenvalue weighted by Gasteiger charge is 2.11. The molecule has 0 aliphatic carbocycles. The van der Waals surface area contributed by atoms with Crippen LogP contribution in [0.15, 0.2) is 23.2 Å². The van der Waals surface area contributed by atoms with Crippen LogP contribution in [0.25, 0.3) is 0 Å². The molecule has 0 atom stereocenters. The first-order chi connectivity index (χ1) is 13.7. The minimum atomic E-state index is 0.557. The molecule has 7 nitrogen and oxygen atoms in total. The normalized spacial score (nSPS) is 16.5.